The molecule has 0 saturated carbocycles. The first-order valence-electron chi connectivity index (χ1n) is 5.26. The number of hydrogen-bond acceptors (Lipinski definition) is 4. The monoisotopic (exact) mass is 227 g/mol. The van der Waals surface area contributed by atoms with E-state index in [0.717, 1.165) is 17.0 Å². The van der Waals surface area contributed by atoms with Crippen LogP contribution >= 0.6 is 0 Å². The van der Waals surface area contributed by atoms with E-state index in [2.05, 4.69) is 14.8 Å². The molecule has 4 nitrogen and oxygen atoms in total. The number of benzene rings is 1. The van der Waals surface area contributed by atoms with E-state index in [0.29, 0.717) is 6.61 Å². The van der Waals surface area contributed by atoms with Crippen LogP contribution in [0.1, 0.15) is 5.56 Å². The van der Waals surface area contributed by atoms with Crippen LogP contribution in [-0.2, 0) is 4.84 Å². The third-order valence-corrected chi connectivity index (χ3v) is 2.24. The van der Waals surface area contributed by atoms with Crippen LogP contribution in [0.5, 0.6) is 0 Å². The van der Waals surface area contributed by atoms with Gasteiger partial charge < -0.3 is 4.84 Å². The van der Waals surface area contributed by atoms with Crippen molar-refractivity contribution < 1.29 is 4.84 Å². The van der Waals surface area contributed by atoms with Crippen LogP contribution in [0.4, 0.5) is 0 Å². The summed E-state index contributed by atoms with van der Waals surface area (Å²) in [5, 5.41) is 0. The fourth-order valence-corrected chi connectivity index (χ4v) is 1.43. The summed E-state index contributed by atoms with van der Waals surface area (Å²) in [4.78, 5) is 12.8. The maximum absolute atomic E-state index is 4.93. The fourth-order valence-electron chi connectivity index (χ4n) is 1.43. The molecule has 2 N–H and O–H groups in total. The summed E-state index contributed by atoms with van der Waals surface area (Å²) >= 11 is 0. The van der Waals surface area contributed by atoms with Crippen LogP contribution in [0.25, 0.3) is 17.5 Å². The highest BCUT2D eigenvalue weighted by Gasteiger charge is 1.98. The highest BCUT2D eigenvalue weighted by Crippen LogP contribution is 2.15. The Labute approximate surface area is 99.7 Å². The van der Waals surface area contributed by atoms with Gasteiger partial charge in [-0.3, -0.25) is 0 Å². The van der Waals surface area contributed by atoms with Gasteiger partial charge in [-0.15, -0.1) is 0 Å². The van der Waals surface area contributed by atoms with Gasteiger partial charge in [0.25, 0.3) is 0 Å². The van der Waals surface area contributed by atoms with Gasteiger partial charge >= 0.3 is 0 Å². The van der Waals surface area contributed by atoms with Crippen molar-refractivity contribution in [2.75, 3.05) is 6.61 Å². The predicted molar refractivity (Wildman–Crippen MR) is 66.6 cm³/mol. The minimum atomic E-state index is 0.406. The Morgan fingerprint density at radius 2 is 1.82 bits per heavy atom. The van der Waals surface area contributed by atoms with Crippen LogP contribution < -0.4 is 5.90 Å². The van der Waals surface area contributed by atoms with E-state index in [1.807, 2.05) is 36.4 Å². The summed E-state index contributed by atoms with van der Waals surface area (Å²) < 4.78 is 0. The van der Waals surface area contributed by atoms with Crippen molar-refractivity contribution in [3.05, 3.63) is 54.4 Å². The van der Waals surface area contributed by atoms with Crippen molar-refractivity contribution in [2.45, 2.75) is 0 Å². The average molecular weight is 227 g/mol. The van der Waals surface area contributed by atoms with E-state index < -0.39 is 0 Å². The van der Waals surface area contributed by atoms with Gasteiger partial charge in [-0.25, -0.2) is 15.9 Å². The molecular formula is C13H13N3O. The summed E-state index contributed by atoms with van der Waals surface area (Å²) in [7, 11) is 0. The van der Waals surface area contributed by atoms with E-state index in [4.69, 9.17) is 5.90 Å². The molecule has 0 aliphatic rings. The lowest BCUT2D eigenvalue weighted by Gasteiger charge is -1.99. The number of nitrogens with zero attached hydrogens (tertiary/aromatic N) is 2. The minimum absolute atomic E-state index is 0.406. The third-order valence-electron chi connectivity index (χ3n) is 2.24. The summed E-state index contributed by atoms with van der Waals surface area (Å²) in [6.45, 7) is 0.406. The van der Waals surface area contributed by atoms with Gasteiger partial charge in [-0.05, 0) is 11.6 Å². The molecule has 0 fully saturated rings. The molecule has 2 rings (SSSR count). The Balaban J connectivity index is 2.13. The van der Waals surface area contributed by atoms with Gasteiger partial charge in [0.05, 0.1) is 6.61 Å². The molecule has 2 aromatic rings. The SMILES string of the molecule is NOCC=Cc1ccc(-c2ncccn2)cc1. The van der Waals surface area contributed by atoms with Crippen LogP contribution in [0.2, 0.25) is 0 Å². The second-order valence-electron chi connectivity index (χ2n) is 3.43. The molecule has 0 spiro atoms. The molecule has 0 bridgehead atoms. The molecule has 0 amide bonds. The van der Waals surface area contributed by atoms with Gasteiger partial charge in [-0.1, -0.05) is 36.4 Å². The Morgan fingerprint density at radius 1 is 1.12 bits per heavy atom. The van der Waals surface area contributed by atoms with Crippen LogP contribution in [0, 0.1) is 0 Å². The molecule has 1 aromatic heterocycles. The second kappa shape index (κ2) is 5.89. The van der Waals surface area contributed by atoms with E-state index >= 15 is 0 Å². The number of hydrogen-bond donors (Lipinski definition) is 1. The molecule has 0 radical (unpaired) electrons. The molecular weight excluding hydrogens is 214 g/mol. The quantitative estimate of drug-likeness (QED) is 0.812. The highest BCUT2D eigenvalue weighted by molar-refractivity contribution is 5.59. The summed E-state index contributed by atoms with van der Waals surface area (Å²) in [5.41, 5.74) is 2.08. The lowest BCUT2D eigenvalue weighted by atomic mass is 10.1. The third kappa shape index (κ3) is 3.21. The molecule has 17 heavy (non-hydrogen) atoms. The Bertz CT molecular complexity index is 480. The first kappa shape index (κ1) is 11.4. The summed E-state index contributed by atoms with van der Waals surface area (Å²) in [6, 6.07) is 9.77. The van der Waals surface area contributed by atoms with Gasteiger partial charge in [0.15, 0.2) is 5.82 Å². The van der Waals surface area contributed by atoms with E-state index in [-0.39, 0.29) is 0 Å². The smallest absolute Gasteiger partial charge is 0.159 e. The van der Waals surface area contributed by atoms with Crippen molar-refractivity contribution in [2.24, 2.45) is 5.90 Å². The van der Waals surface area contributed by atoms with Crippen molar-refractivity contribution in [3.8, 4) is 11.4 Å². The zero-order valence-corrected chi connectivity index (χ0v) is 9.28. The van der Waals surface area contributed by atoms with Crippen molar-refractivity contribution >= 4 is 6.08 Å². The molecule has 1 aromatic carbocycles. The second-order valence-corrected chi connectivity index (χ2v) is 3.43. The Morgan fingerprint density at radius 3 is 2.47 bits per heavy atom. The molecule has 0 unspecified atom stereocenters. The molecule has 1 heterocycles. The summed E-state index contributed by atoms with van der Waals surface area (Å²) in [5.74, 6) is 5.65. The van der Waals surface area contributed by atoms with Gasteiger partial charge in [0.1, 0.15) is 0 Å². The number of nitrogens with two attached hydrogens (primary N) is 1. The maximum atomic E-state index is 4.93. The van der Waals surface area contributed by atoms with Crippen molar-refractivity contribution in [1.82, 2.24) is 9.97 Å². The topological polar surface area (TPSA) is 61.0 Å². The minimum Gasteiger partial charge on any atom is -0.300 e. The first-order chi connectivity index (χ1) is 8.40. The predicted octanol–water partition coefficient (Wildman–Crippen LogP) is 2.05. The standard InChI is InChI=1S/C13H13N3O/c14-17-10-1-3-11-4-6-12(7-5-11)13-15-8-2-9-16-13/h1-9H,10,14H2. The van der Waals surface area contributed by atoms with E-state index in [1.165, 1.54) is 0 Å². The average Bonchev–Trinajstić information content (AvgIpc) is 2.41. The Kier molecular flexibility index (Phi) is 3.96. The Hall–Kier alpha value is -2.04. The van der Waals surface area contributed by atoms with E-state index in [9.17, 15) is 0 Å². The fraction of sp³-hybridized carbons (Fsp3) is 0.0769. The van der Waals surface area contributed by atoms with Crippen LogP contribution in [0.3, 0.4) is 0 Å². The molecule has 0 atom stereocenters. The molecule has 4 heteroatoms. The molecule has 86 valence electrons. The van der Waals surface area contributed by atoms with Crippen LogP contribution in [0.15, 0.2) is 48.8 Å². The zero-order chi connectivity index (χ0) is 11.9. The lowest BCUT2D eigenvalue weighted by molar-refractivity contribution is 0.168. The highest BCUT2D eigenvalue weighted by atomic mass is 16.6. The van der Waals surface area contributed by atoms with Crippen LogP contribution in [-0.4, -0.2) is 16.6 Å². The molecule has 0 saturated heterocycles. The van der Waals surface area contributed by atoms with Gasteiger partial charge in [-0.2, -0.15) is 0 Å². The van der Waals surface area contributed by atoms with Gasteiger partial charge in [0.2, 0.25) is 0 Å². The van der Waals surface area contributed by atoms with Crippen molar-refractivity contribution in [3.63, 3.8) is 0 Å². The number of aromatic nitrogens is 2. The normalized spacial score (nSPS) is 10.9. The van der Waals surface area contributed by atoms with E-state index in [1.54, 1.807) is 18.5 Å². The lowest BCUT2D eigenvalue weighted by Crippen LogP contribution is -1.96. The number of rotatable bonds is 4. The molecule has 0 aliphatic heterocycles. The maximum Gasteiger partial charge on any atom is 0.159 e. The zero-order valence-electron chi connectivity index (χ0n) is 9.28. The largest absolute Gasteiger partial charge is 0.300 e. The molecule has 0 aliphatic carbocycles. The van der Waals surface area contributed by atoms with Gasteiger partial charge in [0, 0.05) is 18.0 Å². The summed E-state index contributed by atoms with van der Waals surface area (Å²) in [6.07, 6.45) is 7.26. The van der Waals surface area contributed by atoms with Crippen molar-refractivity contribution in [1.29, 1.82) is 0 Å². The first-order valence-corrected chi connectivity index (χ1v) is 5.26.